The van der Waals surface area contributed by atoms with Crippen LogP contribution < -0.4 is 11.4 Å². The molecule has 10 heteroatoms. The first-order valence-corrected chi connectivity index (χ1v) is 7.95. The molecule has 3 rings (SSSR count). The Morgan fingerprint density at radius 1 is 1.60 bits per heavy atom. The minimum atomic E-state index is -3.19. The number of ether oxygens (including phenoxy) is 1. The summed E-state index contributed by atoms with van der Waals surface area (Å²) in [5.74, 6) is 0.0776. The summed E-state index contributed by atoms with van der Waals surface area (Å²) in [7, 11) is -3.19. The van der Waals surface area contributed by atoms with Gasteiger partial charge in [0, 0.05) is 12.9 Å². The third-order valence-electron chi connectivity index (χ3n) is 3.22. The van der Waals surface area contributed by atoms with Crippen LogP contribution in [0.2, 0.25) is 0 Å². The number of nitrogen functional groups attached to an aromatic ring is 1. The lowest BCUT2D eigenvalue weighted by atomic mass is 10.1. The van der Waals surface area contributed by atoms with Crippen LogP contribution in [0.15, 0.2) is 17.1 Å². The Kier molecular flexibility index (Phi) is 3.19. The number of hydrogen-bond donors (Lipinski definition) is 2. The molecule has 2 aliphatic rings. The fourth-order valence-corrected chi connectivity index (χ4v) is 3.47. The van der Waals surface area contributed by atoms with Crippen molar-refractivity contribution in [3.8, 4) is 0 Å². The zero-order valence-electron chi connectivity index (χ0n) is 10.6. The number of aliphatic hydroxyl groups excluding tert-OH is 1. The minimum Gasteiger partial charge on any atom is -0.386 e. The van der Waals surface area contributed by atoms with Crippen molar-refractivity contribution in [3.05, 3.63) is 22.7 Å². The summed E-state index contributed by atoms with van der Waals surface area (Å²) in [5.41, 5.74) is 4.76. The molecule has 2 aliphatic heterocycles. The summed E-state index contributed by atoms with van der Waals surface area (Å²) in [6, 6.07) is 1.42. The van der Waals surface area contributed by atoms with Crippen LogP contribution in [0.4, 0.5) is 5.82 Å². The largest absolute Gasteiger partial charge is 0.386 e. The molecule has 3 N–H and O–H groups in total. The van der Waals surface area contributed by atoms with Gasteiger partial charge in [0.1, 0.15) is 24.1 Å². The van der Waals surface area contributed by atoms with E-state index in [2.05, 4.69) is 4.98 Å². The van der Waals surface area contributed by atoms with Crippen molar-refractivity contribution in [1.82, 2.24) is 9.55 Å². The zero-order chi connectivity index (χ0) is 14.5. The Bertz CT molecular complexity index is 634. The van der Waals surface area contributed by atoms with E-state index in [1.54, 1.807) is 0 Å². The van der Waals surface area contributed by atoms with Gasteiger partial charge >= 0.3 is 13.3 Å². The van der Waals surface area contributed by atoms with Crippen LogP contribution in [-0.4, -0.2) is 46.2 Å². The second kappa shape index (κ2) is 4.64. The van der Waals surface area contributed by atoms with Gasteiger partial charge in [-0.15, -0.1) is 0 Å². The highest BCUT2D eigenvalue weighted by atomic mass is 31.2. The molecule has 2 fully saturated rings. The molecule has 1 aromatic heterocycles. The molecule has 0 aromatic carbocycles. The van der Waals surface area contributed by atoms with E-state index in [0.29, 0.717) is 0 Å². The highest BCUT2D eigenvalue weighted by Gasteiger charge is 2.51. The average Bonchev–Trinajstić information content (AvgIpc) is 2.66. The van der Waals surface area contributed by atoms with Gasteiger partial charge in [-0.2, -0.15) is 4.98 Å². The minimum absolute atomic E-state index is 0.0309. The number of nitrogens with two attached hydrogens (primary N) is 1. The summed E-state index contributed by atoms with van der Waals surface area (Å²) in [4.78, 5) is 15.3. The Balaban J connectivity index is 1.90. The number of fused-ring (bicyclic) bond motifs is 1. The number of aromatic nitrogens is 2. The van der Waals surface area contributed by atoms with E-state index in [0.717, 1.165) is 4.57 Å². The summed E-state index contributed by atoms with van der Waals surface area (Å²) >= 11 is 0. The lowest BCUT2D eigenvalue weighted by Crippen LogP contribution is -2.39. The van der Waals surface area contributed by atoms with Crippen molar-refractivity contribution in [1.29, 1.82) is 0 Å². The SMILES string of the molecule is CP1(=O)OC[C@H]2O[C@@H](n3ccc(N)nc3=O)[C@@H](O)[C@@H]2O1. The molecule has 110 valence electrons. The number of rotatable bonds is 1. The molecule has 0 amide bonds. The predicted molar refractivity (Wildman–Crippen MR) is 67.2 cm³/mol. The molecular formula is C10H14N3O6P. The van der Waals surface area contributed by atoms with Crippen molar-refractivity contribution < 1.29 is 23.5 Å². The summed E-state index contributed by atoms with van der Waals surface area (Å²) < 4.78 is 28.7. The molecule has 20 heavy (non-hydrogen) atoms. The molecule has 0 spiro atoms. The van der Waals surface area contributed by atoms with Crippen LogP contribution in [0.25, 0.3) is 0 Å². The predicted octanol–water partition coefficient (Wildman–Crippen LogP) is -0.678. The van der Waals surface area contributed by atoms with Crippen LogP contribution in [-0.2, 0) is 18.3 Å². The maximum absolute atomic E-state index is 11.8. The van der Waals surface area contributed by atoms with Gasteiger partial charge < -0.3 is 20.1 Å². The first-order valence-electron chi connectivity index (χ1n) is 5.96. The first kappa shape index (κ1) is 13.7. The molecule has 0 bridgehead atoms. The van der Waals surface area contributed by atoms with Crippen molar-refractivity contribution in [2.75, 3.05) is 19.0 Å². The van der Waals surface area contributed by atoms with Crippen LogP contribution in [0.1, 0.15) is 6.23 Å². The third-order valence-corrected chi connectivity index (χ3v) is 4.47. The van der Waals surface area contributed by atoms with E-state index >= 15 is 0 Å². The van der Waals surface area contributed by atoms with Gasteiger partial charge in [-0.05, 0) is 6.07 Å². The van der Waals surface area contributed by atoms with Gasteiger partial charge in [-0.25, -0.2) is 4.79 Å². The maximum atomic E-state index is 11.8. The summed E-state index contributed by atoms with van der Waals surface area (Å²) in [6.45, 7) is 1.35. The normalized spacial score (nSPS) is 40.5. The van der Waals surface area contributed by atoms with E-state index < -0.39 is 37.8 Å². The maximum Gasteiger partial charge on any atom is 0.351 e. The Morgan fingerprint density at radius 2 is 2.35 bits per heavy atom. The summed E-state index contributed by atoms with van der Waals surface area (Å²) in [5, 5.41) is 10.2. The van der Waals surface area contributed by atoms with E-state index in [1.165, 1.54) is 18.9 Å². The summed E-state index contributed by atoms with van der Waals surface area (Å²) in [6.07, 6.45) is -2.16. The van der Waals surface area contributed by atoms with Gasteiger partial charge in [0.05, 0.1) is 6.61 Å². The quantitative estimate of drug-likeness (QED) is 0.654. The number of aliphatic hydroxyl groups is 1. The van der Waals surface area contributed by atoms with Gasteiger partial charge in [-0.1, -0.05) is 0 Å². The smallest absolute Gasteiger partial charge is 0.351 e. The highest BCUT2D eigenvalue weighted by molar-refractivity contribution is 7.53. The molecule has 2 saturated heterocycles. The number of hydrogen-bond acceptors (Lipinski definition) is 8. The van der Waals surface area contributed by atoms with Crippen LogP contribution in [0.3, 0.4) is 0 Å². The molecule has 1 aromatic rings. The lowest BCUT2D eigenvalue weighted by Gasteiger charge is -2.29. The lowest BCUT2D eigenvalue weighted by molar-refractivity contribution is -0.0606. The molecule has 0 aliphatic carbocycles. The average molecular weight is 303 g/mol. The highest BCUT2D eigenvalue weighted by Crippen LogP contribution is 2.52. The van der Waals surface area contributed by atoms with Crippen LogP contribution in [0.5, 0.6) is 0 Å². The Labute approximate surface area is 113 Å². The number of anilines is 1. The first-order chi connectivity index (χ1) is 9.37. The van der Waals surface area contributed by atoms with Gasteiger partial charge in [0.15, 0.2) is 6.23 Å². The second-order valence-electron chi connectivity index (χ2n) is 4.74. The molecule has 9 nitrogen and oxygen atoms in total. The topological polar surface area (TPSA) is 126 Å². The molecule has 0 saturated carbocycles. The standard InChI is InChI=1S/C10H14N3O6P/c1-20(16)17-4-5-8(19-20)7(14)9(18-5)13-3-2-6(11)12-10(13)15/h2-3,5,7-9,14H,4H2,1H3,(H2,11,12,15)/t5-,7+,8-,9-,20?/m1/s1. The van der Waals surface area contributed by atoms with Gasteiger partial charge in [-0.3, -0.25) is 13.7 Å². The van der Waals surface area contributed by atoms with Crippen molar-refractivity contribution in [2.24, 2.45) is 0 Å². The number of nitrogens with zero attached hydrogens (tertiary/aromatic N) is 2. The van der Waals surface area contributed by atoms with Crippen molar-refractivity contribution >= 4 is 13.4 Å². The zero-order valence-corrected chi connectivity index (χ0v) is 11.5. The Morgan fingerprint density at radius 3 is 3.05 bits per heavy atom. The van der Waals surface area contributed by atoms with E-state index in [-0.39, 0.29) is 12.4 Å². The van der Waals surface area contributed by atoms with E-state index in [1.807, 2.05) is 0 Å². The fourth-order valence-electron chi connectivity index (χ4n) is 2.29. The van der Waals surface area contributed by atoms with Crippen LogP contribution in [0, 0.1) is 0 Å². The van der Waals surface area contributed by atoms with Gasteiger partial charge in [0.25, 0.3) is 0 Å². The van der Waals surface area contributed by atoms with Crippen molar-refractivity contribution in [2.45, 2.75) is 24.5 Å². The monoisotopic (exact) mass is 303 g/mol. The molecule has 1 unspecified atom stereocenters. The van der Waals surface area contributed by atoms with Gasteiger partial charge in [0.2, 0.25) is 0 Å². The molecule has 3 heterocycles. The molecular weight excluding hydrogens is 289 g/mol. The second-order valence-corrected chi connectivity index (χ2v) is 6.75. The van der Waals surface area contributed by atoms with Crippen LogP contribution >= 0.6 is 7.60 Å². The molecule has 5 atom stereocenters. The van der Waals surface area contributed by atoms with E-state index in [9.17, 15) is 14.5 Å². The van der Waals surface area contributed by atoms with Crippen molar-refractivity contribution in [3.63, 3.8) is 0 Å². The molecule has 0 radical (unpaired) electrons. The third kappa shape index (κ3) is 2.27. The fraction of sp³-hybridized carbons (Fsp3) is 0.600. The Hall–Kier alpha value is -1.25. The van der Waals surface area contributed by atoms with E-state index in [4.69, 9.17) is 19.5 Å².